The number of rotatable bonds is 4. The summed E-state index contributed by atoms with van der Waals surface area (Å²) in [6.45, 7) is 4.16. The van der Waals surface area contributed by atoms with Crippen molar-refractivity contribution < 1.29 is 0 Å². The number of benzene rings is 1. The summed E-state index contributed by atoms with van der Waals surface area (Å²) in [7, 11) is 1.99. The minimum absolute atomic E-state index is 0.270. The van der Waals surface area contributed by atoms with Crippen LogP contribution < -0.4 is 5.32 Å². The first-order valence-electron chi connectivity index (χ1n) is 6.35. The number of aryl methyl sites for hydroxylation is 2. The van der Waals surface area contributed by atoms with Crippen LogP contribution in [0.5, 0.6) is 0 Å². The highest BCUT2D eigenvalue weighted by Gasteiger charge is 2.11. The Kier molecular flexibility index (Phi) is 4.11. The SMILES string of the molecule is CNC(Cc1cccc(C)c1)c1cccc(C)n1. The standard InChI is InChI=1S/C16H20N2/c1-12-6-4-8-14(10-12)11-16(17-3)15-9-5-7-13(2)18-15/h4-10,16-17H,11H2,1-3H3. The maximum Gasteiger partial charge on any atom is 0.0579 e. The molecule has 2 heteroatoms. The highest BCUT2D eigenvalue weighted by atomic mass is 14.9. The van der Waals surface area contributed by atoms with Crippen LogP contribution in [0, 0.1) is 13.8 Å². The zero-order valence-electron chi connectivity index (χ0n) is 11.3. The Morgan fingerprint density at radius 2 is 1.89 bits per heavy atom. The van der Waals surface area contributed by atoms with Crippen molar-refractivity contribution in [3.8, 4) is 0 Å². The fourth-order valence-electron chi connectivity index (χ4n) is 2.19. The molecule has 0 fully saturated rings. The maximum absolute atomic E-state index is 4.60. The van der Waals surface area contributed by atoms with Crippen LogP contribution >= 0.6 is 0 Å². The Bertz CT molecular complexity index is 520. The third kappa shape index (κ3) is 3.17. The lowest BCUT2D eigenvalue weighted by Gasteiger charge is -2.16. The molecule has 18 heavy (non-hydrogen) atoms. The molecule has 0 aliphatic heterocycles. The van der Waals surface area contributed by atoms with Gasteiger partial charge in [0.05, 0.1) is 11.7 Å². The van der Waals surface area contributed by atoms with Gasteiger partial charge in [0, 0.05) is 5.69 Å². The molecule has 2 aromatic rings. The van der Waals surface area contributed by atoms with Crippen molar-refractivity contribution in [1.82, 2.24) is 10.3 Å². The van der Waals surface area contributed by atoms with Gasteiger partial charge in [0.1, 0.15) is 0 Å². The van der Waals surface area contributed by atoms with Crippen LogP contribution in [0.4, 0.5) is 0 Å². The minimum atomic E-state index is 0.270. The van der Waals surface area contributed by atoms with Crippen LogP contribution in [0.2, 0.25) is 0 Å². The largest absolute Gasteiger partial charge is 0.311 e. The normalized spacial score (nSPS) is 12.4. The topological polar surface area (TPSA) is 24.9 Å². The molecule has 1 heterocycles. The highest BCUT2D eigenvalue weighted by Crippen LogP contribution is 2.17. The fourth-order valence-corrected chi connectivity index (χ4v) is 2.19. The van der Waals surface area contributed by atoms with Crippen molar-refractivity contribution in [3.05, 3.63) is 65.0 Å². The van der Waals surface area contributed by atoms with E-state index in [2.05, 4.69) is 53.6 Å². The van der Waals surface area contributed by atoms with Gasteiger partial charge in [-0.25, -0.2) is 0 Å². The minimum Gasteiger partial charge on any atom is -0.311 e. The molecule has 2 rings (SSSR count). The van der Waals surface area contributed by atoms with Gasteiger partial charge in [0.2, 0.25) is 0 Å². The molecule has 1 unspecified atom stereocenters. The first-order chi connectivity index (χ1) is 8.69. The Morgan fingerprint density at radius 1 is 1.11 bits per heavy atom. The molecule has 0 radical (unpaired) electrons. The highest BCUT2D eigenvalue weighted by molar-refractivity contribution is 5.25. The number of hydrogen-bond acceptors (Lipinski definition) is 2. The number of nitrogens with zero attached hydrogens (tertiary/aromatic N) is 1. The van der Waals surface area contributed by atoms with E-state index in [-0.39, 0.29) is 6.04 Å². The monoisotopic (exact) mass is 240 g/mol. The molecular weight excluding hydrogens is 220 g/mol. The van der Waals surface area contributed by atoms with Gasteiger partial charge in [-0.1, -0.05) is 35.9 Å². The van der Waals surface area contributed by atoms with E-state index in [0.717, 1.165) is 17.8 Å². The summed E-state index contributed by atoms with van der Waals surface area (Å²) in [5, 5.41) is 3.35. The van der Waals surface area contributed by atoms with Gasteiger partial charge in [-0.2, -0.15) is 0 Å². The van der Waals surface area contributed by atoms with Crippen LogP contribution in [0.1, 0.15) is 28.6 Å². The zero-order chi connectivity index (χ0) is 13.0. The van der Waals surface area contributed by atoms with Crippen LogP contribution in [-0.2, 0) is 6.42 Å². The van der Waals surface area contributed by atoms with Crippen molar-refractivity contribution in [3.63, 3.8) is 0 Å². The van der Waals surface area contributed by atoms with Gasteiger partial charge in [0.15, 0.2) is 0 Å². The van der Waals surface area contributed by atoms with E-state index in [1.165, 1.54) is 11.1 Å². The summed E-state index contributed by atoms with van der Waals surface area (Å²) in [5.41, 5.74) is 4.83. The summed E-state index contributed by atoms with van der Waals surface area (Å²) >= 11 is 0. The molecule has 0 aliphatic rings. The summed E-state index contributed by atoms with van der Waals surface area (Å²) in [4.78, 5) is 4.60. The fraction of sp³-hybridized carbons (Fsp3) is 0.312. The Balaban J connectivity index is 2.19. The smallest absolute Gasteiger partial charge is 0.0579 e. The molecule has 2 nitrogen and oxygen atoms in total. The Hall–Kier alpha value is -1.67. The maximum atomic E-state index is 4.60. The second-order valence-electron chi connectivity index (χ2n) is 4.74. The Morgan fingerprint density at radius 3 is 2.56 bits per heavy atom. The van der Waals surface area contributed by atoms with E-state index in [4.69, 9.17) is 0 Å². The summed E-state index contributed by atoms with van der Waals surface area (Å²) in [5.74, 6) is 0. The summed E-state index contributed by atoms with van der Waals surface area (Å²) < 4.78 is 0. The number of likely N-dealkylation sites (N-methyl/N-ethyl adjacent to an activating group) is 1. The average molecular weight is 240 g/mol. The average Bonchev–Trinajstić information content (AvgIpc) is 2.36. The van der Waals surface area contributed by atoms with Gasteiger partial charge in [0.25, 0.3) is 0 Å². The number of aromatic nitrogens is 1. The predicted octanol–water partition coefficient (Wildman–Crippen LogP) is 3.20. The van der Waals surface area contributed by atoms with E-state index < -0.39 is 0 Å². The van der Waals surface area contributed by atoms with E-state index >= 15 is 0 Å². The van der Waals surface area contributed by atoms with E-state index in [1.807, 2.05) is 20.0 Å². The van der Waals surface area contributed by atoms with Crippen molar-refractivity contribution in [2.45, 2.75) is 26.3 Å². The molecule has 94 valence electrons. The lowest BCUT2D eigenvalue weighted by atomic mass is 10.0. The summed E-state index contributed by atoms with van der Waals surface area (Å²) in [6, 6.07) is 15.1. The van der Waals surface area contributed by atoms with Crippen molar-refractivity contribution in [2.24, 2.45) is 0 Å². The number of hydrogen-bond donors (Lipinski definition) is 1. The lowest BCUT2D eigenvalue weighted by Crippen LogP contribution is -2.20. The van der Waals surface area contributed by atoms with E-state index in [9.17, 15) is 0 Å². The predicted molar refractivity (Wildman–Crippen MR) is 75.7 cm³/mol. The first-order valence-corrected chi connectivity index (χ1v) is 6.35. The van der Waals surface area contributed by atoms with Crippen LogP contribution in [-0.4, -0.2) is 12.0 Å². The molecule has 1 N–H and O–H groups in total. The quantitative estimate of drug-likeness (QED) is 0.887. The molecule has 1 aromatic carbocycles. The number of pyridine rings is 1. The molecule has 0 aliphatic carbocycles. The van der Waals surface area contributed by atoms with Crippen LogP contribution in [0.3, 0.4) is 0 Å². The summed E-state index contributed by atoms with van der Waals surface area (Å²) in [6.07, 6.45) is 0.967. The van der Waals surface area contributed by atoms with Gasteiger partial charge < -0.3 is 5.32 Å². The van der Waals surface area contributed by atoms with Gasteiger partial charge in [-0.15, -0.1) is 0 Å². The molecule has 0 saturated heterocycles. The third-order valence-corrected chi connectivity index (χ3v) is 3.14. The van der Waals surface area contributed by atoms with Gasteiger partial charge in [-0.05, 0) is 45.0 Å². The lowest BCUT2D eigenvalue weighted by molar-refractivity contribution is 0.574. The zero-order valence-corrected chi connectivity index (χ0v) is 11.3. The van der Waals surface area contributed by atoms with Crippen molar-refractivity contribution >= 4 is 0 Å². The van der Waals surface area contributed by atoms with Gasteiger partial charge >= 0.3 is 0 Å². The molecule has 0 saturated carbocycles. The van der Waals surface area contributed by atoms with Crippen LogP contribution in [0.25, 0.3) is 0 Å². The molecular formula is C16H20N2. The van der Waals surface area contributed by atoms with Crippen LogP contribution in [0.15, 0.2) is 42.5 Å². The Labute approximate surface area is 109 Å². The molecule has 0 bridgehead atoms. The van der Waals surface area contributed by atoms with Crippen molar-refractivity contribution in [2.75, 3.05) is 7.05 Å². The second-order valence-corrected chi connectivity index (χ2v) is 4.74. The molecule has 0 amide bonds. The molecule has 1 aromatic heterocycles. The van der Waals surface area contributed by atoms with Crippen molar-refractivity contribution in [1.29, 1.82) is 0 Å². The van der Waals surface area contributed by atoms with E-state index in [0.29, 0.717) is 0 Å². The molecule has 0 spiro atoms. The number of nitrogens with one attached hydrogen (secondary N) is 1. The van der Waals surface area contributed by atoms with E-state index in [1.54, 1.807) is 0 Å². The second kappa shape index (κ2) is 5.78. The third-order valence-electron chi connectivity index (χ3n) is 3.14. The first kappa shape index (κ1) is 12.8. The van der Waals surface area contributed by atoms with Gasteiger partial charge in [-0.3, -0.25) is 4.98 Å². The molecule has 1 atom stereocenters.